The van der Waals surface area contributed by atoms with Crippen LogP contribution in [0.15, 0.2) is 18.7 Å². The van der Waals surface area contributed by atoms with Gasteiger partial charge in [0.1, 0.15) is 6.33 Å². The largest absolute Gasteiger partial charge is 0.394 e. The zero-order valence-corrected chi connectivity index (χ0v) is 10.0. The first kappa shape index (κ1) is 12.1. The van der Waals surface area contributed by atoms with Gasteiger partial charge in [-0.25, -0.2) is 9.78 Å². The van der Waals surface area contributed by atoms with Gasteiger partial charge < -0.3 is 14.7 Å². The molecule has 1 aliphatic heterocycles. The molecule has 0 saturated carbocycles. The highest BCUT2D eigenvalue weighted by atomic mass is 16.5. The van der Waals surface area contributed by atoms with Gasteiger partial charge in [0, 0.05) is 12.4 Å². The molecule has 1 aromatic heterocycles. The third-order valence-corrected chi connectivity index (χ3v) is 2.68. The van der Waals surface area contributed by atoms with Crippen LogP contribution in [0.4, 0.5) is 4.79 Å². The van der Waals surface area contributed by atoms with Gasteiger partial charge in [0.15, 0.2) is 0 Å². The Kier molecular flexibility index (Phi) is 3.17. The quantitative estimate of drug-likeness (QED) is 0.766. The van der Waals surface area contributed by atoms with Crippen molar-refractivity contribution in [2.45, 2.75) is 25.6 Å². The van der Waals surface area contributed by atoms with Crippen molar-refractivity contribution in [3.05, 3.63) is 18.7 Å². The summed E-state index contributed by atoms with van der Waals surface area (Å²) in [5.74, 6) is 0. The Morgan fingerprint density at radius 3 is 3.00 bits per heavy atom. The summed E-state index contributed by atoms with van der Waals surface area (Å²) in [6.45, 7) is 4.63. The van der Waals surface area contributed by atoms with Gasteiger partial charge in [-0.15, -0.1) is 0 Å². The van der Waals surface area contributed by atoms with Crippen molar-refractivity contribution in [2.24, 2.45) is 0 Å². The molecule has 0 aliphatic carbocycles. The van der Waals surface area contributed by atoms with Crippen LogP contribution in [0.3, 0.4) is 0 Å². The van der Waals surface area contributed by atoms with E-state index in [1.165, 1.54) is 10.9 Å². The number of hydrogen-bond acceptors (Lipinski definition) is 4. The van der Waals surface area contributed by atoms with E-state index in [4.69, 9.17) is 4.74 Å². The van der Waals surface area contributed by atoms with Crippen molar-refractivity contribution in [1.29, 1.82) is 0 Å². The van der Waals surface area contributed by atoms with Crippen LogP contribution >= 0.6 is 0 Å². The lowest BCUT2D eigenvalue weighted by Gasteiger charge is -2.42. The lowest BCUT2D eigenvalue weighted by atomic mass is 10.1. The fourth-order valence-electron chi connectivity index (χ4n) is 2.07. The maximum atomic E-state index is 12.1. The van der Waals surface area contributed by atoms with Crippen molar-refractivity contribution in [2.75, 3.05) is 19.7 Å². The van der Waals surface area contributed by atoms with E-state index >= 15 is 0 Å². The Labute approximate surface area is 99.8 Å². The zero-order valence-electron chi connectivity index (χ0n) is 10.0. The van der Waals surface area contributed by atoms with Gasteiger partial charge in [-0.1, -0.05) is 0 Å². The molecule has 0 radical (unpaired) electrons. The Morgan fingerprint density at radius 2 is 2.41 bits per heavy atom. The van der Waals surface area contributed by atoms with E-state index in [1.54, 1.807) is 17.3 Å². The molecule has 0 bridgehead atoms. The maximum Gasteiger partial charge on any atom is 0.329 e. The molecule has 1 fully saturated rings. The molecule has 1 aromatic rings. The minimum absolute atomic E-state index is 0.0862. The second-order valence-electron chi connectivity index (χ2n) is 4.82. The van der Waals surface area contributed by atoms with E-state index in [9.17, 15) is 9.90 Å². The van der Waals surface area contributed by atoms with Crippen molar-refractivity contribution >= 4 is 6.03 Å². The normalized spacial score (nSPS) is 23.7. The topological polar surface area (TPSA) is 67.6 Å². The van der Waals surface area contributed by atoms with Crippen LogP contribution in [0.2, 0.25) is 0 Å². The molecular formula is C11H17N3O3. The highest BCUT2D eigenvalue weighted by molar-refractivity contribution is 5.76. The Morgan fingerprint density at radius 1 is 1.65 bits per heavy atom. The van der Waals surface area contributed by atoms with Crippen LogP contribution in [0.1, 0.15) is 13.8 Å². The van der Waals surface area contributed by atoms with Gasteiger partial charge in [0.25, 0.3) is 0 Å². The molecule has 6 heteroatoms. The van der Waals surface area contributed by atoms with Crippen molar-refractivity contribution in [3.63, 3.8) is 0 Å². The molecule has 0 aromatic carbocycles. The molecule has 2 heterocycles. The van der Waals surface area contributed by atoms with Crippen LogP contribution in [-0.2, 0) is 4.74 Å². The van der Waals surface area contributed by atoms with Crippen LogP contribution in [0.5, 0.6) is 0 Å². The van der Waals surface area contributed by atoms with E-state index in [-0.39, 0.29) is 18.7 Å². The van der Waals surface area contributed by atoms with Crippen molar-refractivity contribution < 1.29 is 14.6 Å². The van der Waals surface area contributed by atoms with Gasteiger partial charge in [-0.05, 0) is 13.8 Å². The number of nitrogens with zero attached hydrogens (tertiary/aromatic N) is 3. The van der Waals surface area contributed by atoms with E-state index in [0.29, 0.717) is 13.1 Å². The Hall–Kier alpha value is -1.40. The molecule has 1 aliphatic rings. The minimum Gasteiger partial charge on any atom is -0.394 e. The first-order chi connectivity index (χ1) is 8.02. The molecule has 1 unspecified atom stereocenters. The zero-order chi connectivity index (χ0) is 12.5. The first-order valence-corrected chi connectivity index (χ1v) is 5.58. The maximum absolute atomic E-state index is 12.1. The summed E-state index contributed by atoms with van der Waals surface area (Å²) in [5, 5.41) is 9.17. The summed E-state index contributed by atoms with van der Waals surface area (Å²) in [7, 11) is 0. The van der Waals surface area contributed by atoms with E-state index < -0.39 is 5.60 Å². The van der Waals surface area contributed by atoms with Crippen LogP contribution < -0.4 is 0 Å². The second kappa shape index (κ2) is 4.46. The number of ether oxygens (including phenoxy) is 1. The van der Waals surface area contributed by atoms with Crippen molar-refractivity contribution in [1.82, 2.24) is 14.5 Å². The Balaban J connectivity index is 2.12. The number of aromatic nitrogens is 2. The predicted molar refractivity (Wildman–Crippen MR) is 60.6 cm³/mol. The fourth-order valence-corrected chi connectivity index (χ4v) is 2.07. The number of hydrogen-bond donors (Lipinski definition) is 1. The molecule has 1 amide bonds. The second-order valence-corrected chi connectivity index (χ2v) is 4.82. The number of rotatable bonds is 1. The molecule has 1 N–H and O–H groups in total. The van der Waals surface area contributed by atoms with Crippen LogP contribution in [0.25, 0.3) is 0 Å². The number of carbonyl (C=O) groups is 1. The summed E-state index contributed by atoms with van der Waals surface area (Å²) < 4.78 is 7.08. The van der Waals surface area contributed by atoms with E-state index in [0.717, 1.165) is 0 Å². The number of aliphatic hydroxyl groups is 1. The van der Waals surface area contributed by atoms with Gasteiger partial charge in [-0.2, -0.15) is 0 Å². The van der Waals surface area contributed by atoms with Gasteiger partial charge in [0.2, 0.25) is 0 Å². The summed E-state index contributed by atoms with van der Waals surface area (Å²) >= 11 is 0. The third-order valence-electron chi connectivity index (χ3n) is 2.68. The lowest BCUT2D eigenvalue weighted by Crippen LogP contribution is -2.56. The van der Waals surface area contributed by atoms with Crippen LogP contribution in [-0.4, -0.2) is 57.0 Å². The van der Waals surface area contributed by atoms with E-state index in [2.05, 4.69) is 4.98 Å². The van der Waals surface area contributed by atoms with Gasteiger partial charge in [-0.3, -0.25) is 4.57 Å². The van der Waals surface area contributed by atoms with Gasteiger partial charge >= 0.3 is 6.03 Å². The van der Waals surface area contributed by atoms with Gasteiger partial charge in [0.05, 0.1) is 31.4 Å². The molecular weight excluding hydrogens is 222 g/mol. The third kappa shape index (κ3) is 2.65. The van der Waals surface area contributed by atoms with Crippen molar-refractivity contribution in [3.8, 4) is 0 Å². The smallest absolute Gasteiger partial charge is 0.329 e. The molecule has 94 valence electrons. The summed E-state index contributed by atoms with van der Waals surface area (Å²) in [6.07, 6.45) is 4.32. The average Bonchev–Trinajstić information content (AvgIpc) is 2.79. The molecule has 2 rings (SSSR count). The summed E-state index contributed by atoms with van der Waals surface area (Å²) in [5.41, 5.74) is -0.443. The fraction of sp³-hybridized carbons (Fsp3) is 0.636. The summed E-state index contributed by atoms with van der Waals surface area (Å²) in [6, 6.07) is -0.141. The first-order valence-electron chi connectivity index (χ1n) is 5.58. The molecule has 17 heavy (non-hydrogen) atoms. The highest BCUT2D eigenvalue weighted by Gasteiger charge is 2.35. The molecule has 1 atom stereocenters. The molecule has 1 saturated heterocycles. The summed E-state index contributed by atoms with van der Waals surface area (Å²) in [4.78, 5) is 17.6. The van der Waals surface area contributed by atoms with E-state index in [1.807, 2.05) is 13.8 Å². The number of aliphatic hydroxyl groups excluding tert-OH is 1. The molecule has 6 nitrogen and oxygen atoms in total. The number of imidazole rings is 1. The SMILES string of the molecule is CC1(C)CN(C(=O)n2ccnc2)CC(CO)O1. The number of amides is 1. The van der Waals surface area contributed by atoms with Crippen LogP contribution in [0, 0.1) is 0 Å². The number of morpholine rings is 1. The number of carbonyl (C=O) groups excluding carboxylic acids is 1. The predicted octanol–water partition coefficient (Wildman–Crippen LogP) is 0.323. The minimum atomic E-state index is -0.443. The highest BCUT2D eigenvalue weighted by Crippen LogP contribution is 2.21. The monoisotopic (exact) mass is 239 g/mol. The Bertz CT molecular complexity index is 389. The lowest BCUT2D eigenvalue weighted by molar-refractivity contribution is -0.138. The molecule has 0 spiro atoms. The standard InChI is InChI=1S/C11H17N3O3/c1-11(2)7-14(5-9(6-15)17-11)10(16)13-4-3-12-8-13/h3-4,8-9,15H,5-7H2,1-2H3. The average molecular weight is 239 g/mol.